The van der Waals surface area contributed by atoms with Gasteiger partial charge in [0.1, 0.15) is 0 Å². The normalized spacial score (nSPS) is 10.9. The predicted molar refractivity (Wildman–Crippen MR) is 89.5 cm³/mol. The average molecular weight is 332 g/mol. The van der Waals surface area contributed by atoms with E-state index >= 15 is 0 Å². The van der Waals surface area contributed by atoms with Gasteiger partial charge in [-0.25, -0.2) is 5.43 Å². The lowest BCUT2D eigenvalue weighted by Crippen LogP contribution is -2.19. The van der Waals surface area contributed by atoms with Gasteiger partial charge in [0.05, 0.1) is 12.8 Å². The predicted octanol–water partition coefficient (Wildman–Crippen LogP) is 1.20. The van der Waals surface area contributed by atoms with Crippen molar-refractivity contribution >= 4 is 12.1 Å². The summed E-state index contributed by atoms with van der Waals surface area (Å²) in [6.45, 7) is 4.02. The number of H-pyrrole nitrogens is 2. The van der Waals surface area contributed by atoms with E-state index in [2.05, 4.69) is 20.7 Å². The number of aromatic hydroxyl groups is 1. The Balaban J connectivity index is 1.88. The summed E-state index contributed by atoms with van der Waals surface area (Å²) >= 11 is 0. The lowest BCUT2D eigenvalue weighted by atomic mass is 10.1. The Morgan fingerprint density at radius 1 is 1.42 bits per heavy atom. The first-order chi connectivity index (χ1) is 11.5. The van der Waals surface area contributed by atoms with E-state index in [9.17, 15) is 14.7 Å². The quantitative estimate of drug-likeness (QED) is 0.450. The van der Waals surface area contributed by atoms with Crippen molar-refractivity contribution in [1.29, 1.82) is 0 Å². The van der Waals surface area contributed by atoms with Crippen molar-refractivity contribution in [1.82, 2.24) is 15.6 Å². The van der Waals surface area contributed by atoms with Crippen molar-refractivity contribution in [2.24, 2.45) is 5.10 Å². The van der Waals surface area contributed by atoms with Gasteiger partial charge < -0.3 is 14.9 Å². The largest absolute Gasteiger partial charge is 0.504 e. The number of nitrogens with one attached hydrogen (secondary N) is 3. The first-order valence-electron chi connectivity index (χ1n) is 7.55. The first-order valence-corrected chi connectivity index (χ1v) is 7.55. The summed E-state index contributed by atoms with van der Waals surface area (Å²) in [5, 5.41) is 18.7. The standard InChI is InChI=1S/C16H20N4O4/c1-3-24-14-8-11(4-6-13(14)21)9-17-19-15(22)7-5-12-10(2)18-20-16(12)23/h4,6,8-9,21H,3,5,7H2,1-2H3,(H,19,22)(H2,18,20,23). The Hall–Kier alpha value is -3.03. The number of carbonyl (C=O) groups excluding carboxylic acids is 1. The number of aryl methyl sites for hydroxylation is 1. The zero-order valence-corrected chi connectivity index (χ0v) is 13.5. The molecule has 24 heavy (non-hydrogen) atoms. The van der Waals surface area contributed by atoms with E-state index < -0.39 is 0 Å². The Labute approximate surface area is 138 Å². The highest BCUT2D eigenvalue weighted by Gasteiger charge is 2.08. The van der Waals surface area contributed by atoms with Gasteiger partial charge in [-0.3, -0.25) is 14.7 Å². The Bertz CT molecular complexity index is 792. The molecule has 0 aliphatic rings. The summed E-state index contributed by atoms with van der Waals surface area (Å²) in [6.07, 6.45) is 1.94. The molecule has 1 heterocycles. The number of ether oxygens (including phenoxy) is 1. The minimum Gasteiger partial charge on any atom is -0.504 e. The number of hydrogen-bond acceptors (Lipinski definition) is 5. The van der Waals surface area contributed by atoms with Crippen LogP contribution in [0.1, 0.15) is 30.2 Å². The fraction of sp³-hybridized carbons (Fsp3) is 0.312. The van der Waals surface area contributed by atoms with Crippen LogP contribution in [-0.4, -0.2) is 34.0 Å². The van der Waals surface area contributed by atoms with Crippen molar-refractivity contribution < 1.29 is 14.6 Å². The molecule has 2 rings (SSSR count). The number of aromatic amines is 2. The van der Waals surface area contributed by atoms with E-state index in [-0.39, 0.29) is 23.6 Å². The maximum atomic E-state index is 11.8. The molecule has 8 heteroatoms. The molecule has 4 N–H and O–H groups in total. The number of nitrogens with zero attached hydrogens (tertiary/aromatic N) is 1. The van der Waals surface area contributed by atoms with Gasteiger partial charge in [-0.05, 0) is 44.0 Å². The summed E-state index contributed by atoms with van der Waals surface area (Å²) in [7, 11) is 0. The highest BCUT2D eigenvalue weighted by atomic mass is 16.5. The van der Waals surface area contributed by atoms with Gasteiger partial charge in [-0.1, -0.05) is 0 Å². The van der Waals surface area contributed by atoms with Crippen LogP contribution in [0.25, 0.3) is 0 Å². The molecule has 0 radical (unpaired) electrons. The van der Waals surface area contributed by atoms with Crippen LogP contribution in [0.3, 0.4) is 0 Å². The van der Waals surface area contributed by atoms with Crippen LogP contribution in [-0.2, 0) is 11.2 Å². The van der Waals surface area contributed by atoms with Crippen molar-refractivity contribution in [3.05, 3.63) is 45.4 Å². The van der Waals surface area contributed by atoms with E-state index in [0.717, 1.165) is 5.69 Å². The number of carbonyl (C=O) groups is 1. The van der Waals surface area contributed by atoms with Crippen molar-refractivity contribution in [3.63, 3.8) is 0 Å². The molecule has 1 aromatic heterocycles. The van der Waals surface area contributed by atoms with Crippen LogP contribution in [0.5, 0.6) is 11.5 Å². The molecule has 0 bridgehead atoms. The van der Waals surface area contributed by atoms with E-state index in [1.54, 1.807) is 19.1 Å². The van der Waals surface area contributed by atoms with Gasteiger partial charge in [0.2, 0.25) is 5.91 Å². The summed E-state index contributed by atoms with van der Waals surface area (Å²) in [4.78, 5) is 23.2. The van der Waals surface area contributed by atoms with Gasteiger partial charge in [0.15, 0.2) is 11.5 Å². The number of amides is 1. The monoisotopic (exact) mass is 332 g/mol. The van der Waals surface area contributed by atoms with E-state index in [1.165, 1.54) is 12.3 Å². The van der Waals surface area contributed by atoms with Crippen LogP contribution in [0, 0.1) is 6.92 Å². The van der Waals surface area contributed by atoms with Crippen molar-refractivity contribution in [2.45, 2.75) is 26.7 Å². The summed E-state index contributed by atoms with van der Waals surface area (Å²) in [6, 6.07) is 4.77. The number of phenols is 1. The average Bonchev–Trinajstić information content (AvgIpc) is 2.87. The number of benzene rings is 1. The second kappa shape index (κ2) is 8.00. The minimum absolute atomic E-state index is 0.0464. The van der Waals surface area contributed by atoms with Gasteiger partial charge in [0, 0.05) is 17.7 Å². The fourth-order valence-corrected chi connectivity index (χ4v) is 2.13. The maximum absolute atomic E-state index is 11.8. The van der Waals surface area contributed by atoms with Gasteiger partial charge in [-0.2, -0.15) is 5.10 Å². The number of phenolic OH excluding ortho intramolecular Hbond substituents is 1. The molecule has 0 saturated carbocycles. The van der Waals surface area contributed by atoms with Crippen LogP contribution in [0.4, 0.5) is 0 Å². The SMILES string of the molecule is CCOc1cc(C=NNC(=O)CCc2c(C)[nH][nH]c2=O)ccc1O. The van der Waals surface area contributed by atoms with Crippen LogP contribution < -0.4 is 15.7 Å². The number of hydrogen-bond donors (Lipinski definition) is 4. The molecule has 2 aromatic rings. The smallest absolute Gasteiger partial charge is 0.267 e. The molecule has 8 nitrogen and oxygen atoms in total. The zero-order valence-electron chi connectivity index (χ0n) is 13.5. The summed E-state index contributed by atoms with van der Waals surface area (Å²) < 4.78 is 5.27. The topological polar surface area (TPSA) is 120 Å². The number of rotatable bonds is 7. The van der Waals surface area contributed by atoms with E-state index in [4.69, 9.17) is 4.74 Å². The molecule has 0 spiro atoms. The van der Waals surface area contributed by atoms with Crippen molar-refractivity contribution in [2.75, 3.05) is 6.61 Å². The lowest BCUT2D eigenvalue weighted by molar-refractivity contribution is -0.121. The zero-order chi connectivity index (χ0) is 17.5. The minimum atomic E-state index is -0.296. The van der Waals surface area contributed by atoms with Crippen molar-refractivity contribution in [3.8, 4) is 11.5 Å². The Kier molecular flexibility index (Phi) is 5.78. The van der Waals surface area contributed by atoms with E-state index in [0.29, 0.717) is 29.9 Å². The molecule has 0 atom stereocenters. The Morgan fingerprint density at radius 2 is 2.21 bits per heavy atom. The number of aromatic nitrogens is 2. The van der Waals surface area contributed by atoms with E-state index in [1.807, 2.05) is 6.92 Å². The highest BCUT2D eigenvalue weighted by molar-refractivity contribution is 5.83. The van der Waals surface area contributed by atoms with Crippen LogP contribution in [0.15, 0.2) is 28.1 Å². The molecular weight excluding hydrogens is 312 g/mol. The molecule has 128 valence electrons. The summed E-state index contributed by atoms with van der Waals surface area (Å²) in [5.74, 6) is 0.107. The molecule has 0 aliphatic carbocycles. The van der Waals surface area contributed by atoms with Crippen LogP contribution >= 0.6 is 0 Å². The maximum Gasteiger partial charge on any atom is 0.267 e. The number of hydrazone groups is 1. The third-order valence-corrected chi connectivity index (χ3v) is 3.38. The summed E-state index contributed by atoms with van der Waals surface area (Å²) in [5.41, 5.74) is 4.16. The first kappa shape index (κ1) is 17.3. The third kappa shape index (κ3) is 4.48. The Morgan fingerprint density at radius 3 is 2.88 bits per heavy atom. The lowest BCUT2D eigenvalue weighted by Gasteiger charge is -2.06. The molecule has 0 unspecified atom stereocenters. The second-order valence-corrected chi connectivity index (χ2v) is 5.14. The molecule has 0 fully saturated rings. The molecule has 0 saturated heterocycles. The third-order valence-electron chi connectivity index (χ3n) is 3.38. The molecule has 1 aromatic carbocycles. The van der Waals surface area contributed by atoms with Gasteiger partial charge in [-0.15, -0.1) is 0 Å². The van der Waals surface area contributed by atoms with Gasteiger partial charge >= 0.3 is 0 Å². The van der Waals surface area contributed by atoms with Gasteiger partial charge in [0.25, 0.3) is 5.56 Å². The fourth-order valence-electron chi connectivity index (χ4n) is 2.13. The highest BCUT2D eigenvalue weighted by Crippen LogP contribution is 2.26. The molecule has 0 aliphatic heterocycles. The molecular formula is C16H20N4O4. The molecule has 1 amide bonds. The second-order valence-electron chi connectivity index (χ2n) is 5.14. The van der Waals surface area contributed by atoms with Crippen LogP contribution in [0.2, 0.25) is 0 Å².